The number of esters is 1. The third kappa shape index (κ3) is 5.85. The van der Waals surface area contributed by atoms with Crippen molar-refractivity contribution in [2.24, 2.45) is 0 Å². The number of nitro groups is 1. The molecule has 1 N–H and O–H groups in total. The molecule has 1 amide bonds. The second kappa shape index (κ2) is 10.6. The van der Waals surface area contributed by atoms with E-state index >= 15 is 0 Å². The molecule has 0 aliphatic rings. The van der Waals surface area contributed by atoms with Crippen LogP contribution in [0.4, 0.5) is 5.69 Å². The van der Waals surface area contributed by atoms with E-state index in [2.05, 4.69) is 5.32 Å². The summed E-state index contributed by atoms with van der Waals surface area (Å²) in [6.45, 7) is -1.01. The summed E-state index contributed by atoms with van der Waals surface area (Å²) in [5, 5.41) is 13.4. The lowest BCUT2D eigenvalue weighted by Gasteiger charge is -2.17. The first-order chi connectivity index (χ1) is 15.5. The van der Waals surface area contributed by atoms with Crippen LogP contribution in [-0.4, -0.2) is 35.7 Å². The maximum Gasteiger partial charge on any atom is 0.325 e. The molecule has 3 aromatic carbocycles. The van der Waals surface area contributed by atoms with Gasteiger partial charge in [-0.3, -0.25) is 24.5 Å². The highest BCUT2D eigenvalue weighted by Gasteiger charge is 2.23. The molecule has 0 atom stereocenters. The van der Waals surface area contributed by atoms with E-state index in [1.807, 2.05) is 60.7 Å². The Kier molecular flexibility index (Phi) is 7.42. The first kappa shape index (κ1) is 22.4. The zero-order valence-corrected chi connectivity index (χ0v) is 17.0. The smallest absolute Gasteiger partial charge is 0.325 e. The van der Waals surface area contributed by atoms with Crippen LogP contribution in [0.5, 0.6) is 0 Å². The van der Waals surface area contributed by atoms with Gasteiger partial charge in [0.15, 0.2) is 6.61 Å². The summed E-state index contributed by atoms with van der Waals surface area (Å²) in [6.07, 6.45) is 0. The number of carbonyl (C=O) groups excluding carboxylic acids is 3. The molecule has 0 saturated heterocycles. The van der Waals surface area contributed by atoms with Gasteiger partial charge in [0.1, 0.15) is 6.54 Å². The van der Waals surface area contributed by atoms with Gasteiger partial charge in [0.2, 0.25) is 11.7 Å². The van der Waals surface area contributed by atoms with Crippen molar-refractivity contribution in [2.45, 2.75) is 5.92 Å². The number of hydrogen-bond donors (Lipinski definition) is 1. The molecule has 0 saturated carbocycles. The van der Waals surface area contributed by atoms with Gasteiger partial charge in [-0.1, -0.05) is 72.8 Å². The van der Waals surface area contributed by atoms with E-state index in [0.29, 0.717) is 0 Å². The third-order valence-electron chi connectivity index (χ3n) is 4.68. The number of nitrogens with zero attached hydrogens (tertiary/aromatic N) is 1. The highest BCUT2D eigenvalue weighted by Crippen LogP contribution is 2.24. The summed E-state index contributed by atoms with van der Waals surface area (Å²) in [5.74, 6) is -2.38. The molecule has 8 heteroatoms. The SMILES string of the molecule is O=C(CNC(=O)C(c1ccccc1)c1ccccc1)OCC(=O)c1cccc([N+](=O)[O-])c1. The van der Waals surface area contributed by atoms with Gasteiger partial charge in [-0.05, 0) is 11.1 Å². The van der Waals surface area contributed by atoms with Crippen LogP contribution in [0.15, 0.2) is 84.9 Å². The van der Waals surface area contributed by atoms with Crippen LogP contribution < -0.4 is 5.32 Å². The molecule has 0 heterocycles. The Morgan fingerprint density at radius 2 is 1.47 bits per heavy atom. The molecule has 0 radical (unpaired) electrons. The summed E-state index contributed by atoms with van der Waals surface area (Å²) < 4.78 is 4.93. The molecule has 8 nitrogen and oxygen atoms in total. The Hall–Kier alpha value is -4.33. The fraction of sp³-hybridized carbons (Fsp3) is 0.125. The van der Waals surface area contributed by atoms with Crippen molar-refractivity contribution < 1.29 is 24.0 Å². The van der Waals surface area contributed by atoms with Gasteiger partial charge in [0.05, 0.1) is 10.8 Å². The van der Waals surface area contributed by atoms with Crippen LogP contribution in [0.3, 0.4) is 0 Å². The van der Waals surface area contributed by atoms with Crippen LogP contribution in [0.2, 0.25) is 0 Å². The molecule has 3 aromatic rings. The highest BCUT2D eigenvalue weighted by molar-refractivity contribution is 5.98. The molecule has 162 valence electrons. The Labute approximate surface area is 184 Å². The Morgan fingerprint density at radius 3 is 2.03 bits per heavy atom. The van der Waals surface area contributed by atoms with Crippen molar-refractivity contribution in [1.29, 1.82) is 0 Å². The Morgan fingerprint density at radius 1 is 0.875 bits per heavy atom. The van der Waals surface area contributed by atoms with Crippen LogP contribution >= 0.6 is 0 Å². The Bertz CT molecular complexity index is 1080. The maximum atomic E-state index is 12.9. The molecule has 0 unspecified atom stereocenters. The minimum Gasteiger partial charge on any atom is -0.456 e. The fourth-order valence-corrected chi connectivity index (χ4v) is 3.12. The van der Waals surface area contributed by atoms with E-state index in [1.54, 1.807) is 0 Å². The number of carbonyl (C=O) groups is 3. The molecule has 0 bridgehead atoms. The van der Waals surface area contributed by atoms with Crippen LogP contribution in [0, 0.1) is 10.1 Å². The van der Waals surface area contributed by atoms with E-state index in [9.17, 15) is 24.5 Å². The molecule has 0 spiro atoms. The topological polar surface area (TPSA) is 116 Å². The van der Waals surface area contributed by atoms with Gasteiger partial charge in [0.25, 0.3) is 5.69 Å². The zero-order valence-electron chi connectivity index (χ0n) is 17.0. The van der Waals surface area contributed by atoms with Gasteiger partial charge in [-0.25, -0.2) is 0 Å². The van der Waals surface area contributed by atoms with Crippen molar-refractivity contribution in [3.8, 4) is 0 Å². The molecular formula is C24H20N2O6. The van der Waals surface area contributed by atoms with Crippen molar-refractivity contribution in [3.63, 3.8) is 0 Å². The number of amides is 1. The average molecular weight is 432 g/mol. The molecule has 0 aromatic heterocycles. The largest absolute Gasteiger partial charge is 0.456 e. The van der Waals surface area contributed by atoms with Crippen molar-refractivity contribution in [3.05, 3.63) is 112 Å². The second-order valence-electron chi connectivity index (χ2n) is 6.86. The number of ether oxygens (including phenoxy) is 1. The summed E-state index contributed by atoms with van der Waals surface area (Å²) in [4.78, 5) is 47.3. The molecule has 0 aliphatic heterocycles. The quantitative estimate of drug-likeness (QED) is 0.240. The van der Waals surface area contributed by atoms with E-state index in [0.717, 1.165) is 17.2 Å². The van der Waals surface area contributed by atoms with Crippen LogP contribution in [0.25, 0.3) is 0 Å². The van der Waals surface area contributed by atoms with E-state index in [4.69, 9.17) is 4.74 Å². The predicted molar refractivity (Wildman–Crippen MR) is 116 cm³/mol. The van der Waals surface area contributed by atoms with E-state index < -0.39 is 35.7 Å². The lowest BCUT2D eigenvalue weighted by molar-refractivity contribution is -0.384. The monoisotopic (exact) mass is 432 g/mol. The number of nitro benzene ring substituents is 1. The minimum atomic E-state index is -0.794. The predicted octanol–water partition coefficient (Wildman–Crippen LogP) is 3.27. The number of Topliss-reactive ketones (excluding diaryl/α,β-unsaturated/α-hetero) is 1. The molecule has 3 rings (SSSR count). The summed E-state index contributed by atoms with van der Waals surface area (Å²) in [7, 11) is 0. The fourth-order valence-electron chi connectivity index (χ4n) is 3.12. The van der Waals surface area contributed by atoms with Crippen molar-refractivity contribution in [2.75, 3.05) is 13.2 Å². The summed E-state index contributed by atoms with van der Waals surface area (Å²) in [6, 6.07) is 23.4. The standard InChI is InChI=1S/C24H20N2O6/c27-21(19-12-7-13-20(14-19)26(30)31)16-32-22(28)15-25-24(29)23(17-8-3-1-4-9-17)18-10-5-2-6-11-18/h1-14,23H,15-16H2,(H,25,29). The summed E-state index contributed by atoms with van der Waals surface area (Å²) >= 11 is 0. The Balaban J connectivity index is 1.58. The van der Waals surface area contributed by atoms with Gasteiger partial charge in [0, 0.05) is 17.7 Å². The molecule has 32 heavy (non-hydrogen) atoms. The van der Waals surface area contributed by atoms with Crippen molar-refractivity contribution >= 4 is 23.3 Å². The van der Waals surface area contributed by atoms with E-state index in [-0.39, 0.29) is 17.2 Å². The van der Waals surface area contributed by atoms with E-state index in [1.165, 1.54) is 18.2 Å². The number of rotatable bonds is 9. The van der Waals surface area contributed by atoms with Gasteiger partial charge in [-0.2, -0.15) is 0 Å². The summed E-state index contributed by atoms with van der Waals surface area (Å²) in [5.41, 5.74) is 1.36. The number of hydrogen-bond acceptors (Lipinski definition) is 6. The lowest BCUT2D eigenvalue weighted by Crippen LogP contribution is -2.35. The first-order valence-electron chi connectivity index (χ1n) is 9.76. The van der Waals surface area contributed by atoms with Gasteiger partial charge < -0.3 is 10.1 Å². The number of ketones is 1. The lowest BCUT2D eigenvalue weighted by atomic mass is 9.90. The highest BCUT2D eigenvalue weighted by atomic mass is 16.6. The third-order valence-corrected chi connectivity index (χ3v) is 4.68. The number of non-ortho nitro benzene ring substituents is 1. The normalized spacial score (nSPS) is 10.4. The number of benzene rings is 3. The molecule has 0 aliphatic carbocycles. The van der Waals surface area contributed by atoms with Gasteiger partial charge >= 0.3 is 5.97 Å². The molecule has 0 fully saturated rings. The second-order valence-corrected chi connectivity index (χ2v) is 6.86. The molecular weight excluding hydrogens is 412 g/mol. The maximum absolute atomic E-state index is 12.9. The first-order valence-corrected chi connectivity index (χ1v) is 9.76. The van der Waals surface area contributed by atoms with Crippen LogP contribution in [0.1, 0.15) is 27.4 Å². The average Bonchev–Trinajstić information content (AvgIpc) is 2.82. The minimum absolute atomic E-state index is 0.0595. The zero-order chi connectivity index (χ0) is 22.9. The van der Waals surface area contributed by atoms with Crippen molar-refractivity contribution in [1.82, 2.24) is 5.32 Å². The van der Waals surface area contributed by atoms with Gasteiger partial charge in [-0.15, -0.1) is 0 Å². The number of nitrogens with one attached hydrogen (secondary N) is 1. The van der Waals surface area contributed by atoms with Crippen LogP contribution in [-0.2, 0) is 14.3 Å².